The molecule has 0 unspecified atom stereocenters. The quantitative estimate of drug-likeness (QED) is 0.0279. The molecule has 0 saturated heterocycles. The highest BCUT2D eigenvalue weighted by atomic mass is 19.4. The molecule has 51 heavy (non-hydrogen) atoms. The third-order valence-corrected chi connectivity index (χ3v) is 7.03. The van der Waals surface area contributed by atoms with Gasteiger partial charge in [0.2, 0.25) is 0 Å². The molecule has 0 atom stereocenters. The minimum Gasteiger partial charge on any atom is -0.426 e. The van der Waals surface area contributed by atoms with Crippen molar-refractivity contribution in [2.45, 2.75) is 71.0 Å². The third kappa shape index (κ3) is 14.6. The second kappa shape index (κ2) is 18.6. The van der Waals surface area contributed by atoms with Gasteiger partial charge >= 0.3 is 24.7 Å². The van der Waals surface area contributed by atoms with Crippen molar-refractivity contribution in [1.82, 2.24) is 0 Å². The average molecular weight is 725 g/mol. The summed E-state index contributed by atoms with van der Waals surface area (Å²) in [6.07, 6.45) is 1.40. The number of hydrogen-bond donors (Lipinski definition) is 0. The smallest absolute Gasteiger partial charge is 0.426 e. The van der Waals surface area contributed by atoms with Gasteiger partial charge in [0, 0.05) is 36.1 Å². The van der Waals surface area contributed by atoms with E-state index in [9.17, 15) is 44.7 Å². The van der Waals surface area contributed by atoms with Crippen LogP contribution < -0.4 is 14.2 Å². The third-order valence-electron chi connectivity index (χ3n) is 7.03. The zero-order valence-electron chi connectivity index (χ0n) is 27.1. The molecule has 0 amide bonds. The van der Waals surface area contributed by atoms with Crippen molar-refractivity contribution in [2.75, 3.05) is 0 Å². The minimum atomic E-state index is -4.97. The lowest BCUT2D eigenvalue weighted by Gasteiger charge is -2.10. The van der Waals surface area contributed by atoms with Gasteiger partial charge in [-0.2, -0.15) is 0 Å². The number of alkyl halides is 6. The van der Waals surface area contributed by atoms with Crippen LogP contribution >= 0.6 is 0 Å². The van der Waals surface area contributed by atoms with Crippen LogP contribution in [0.4, 0.5) is 35.1 Å². The number of ether oxygens (including phenoxy) is 4. The van der Waals surface area contributed by atoms with Crippen molar-refractivity contribution in [3.63, 3.8) is 0 Å². The van der Waals surface area contributed by atoms with Crippen molar-refractivity contribution >= 4 is 17.5 Å². The normalized spacial score (nSPS) is 12.2. The highest BCUT2D eigenvalue weighted by molar-refractivity contribution is 5.74. The SMILES string of the molecule is C#C/C(=C\C=C(/C)c1ccc(OC(=O)CCCCCCCCC(=O)Oc2ccc(-c3ccc(OC(F)(F)F)cc3)c(F)c2)cc1F)OC(F)(F)F. The largest absolute Gasteiger partial charge is 0.573 e. The van der Waals surface area contributed by atoms with Gasteiger partial charge in [-0.25, -0.2) is 8.78 Å². The summed E-state index contributed by atoms with van der Waals surface area (Å²) < 4.78 is 121. The molecule has 3 aromatic carbocycles. The van der Waals surface area contributed by atoms with E-state index in [1.54, 1.807) is 5.92 Å². The second-order valence-corrected chi connectivity index (χ2v) is 11.0. The first-order valence-electron chi connectivity index (χ1n) is 15.5. The summed E-state index contributed by atoms with van der Waals surface area (Å²) in [5.74, 6) is -2.16. The molecule has 0 radical (unpaired) electrons. The highest BCUT2D eigenvalue weighted by Crippen LogP contribution is 2.30. The van der Waals surface area contributed by atoms with Crippen LogP contribution in [-0.4, -0.2) is 24.7 Å². The van der Waals surface area contributed by atoms with E-state index in [-0.39, 0.29) is 41.0 Å². The fourth-order valence-electron chi connectivity index (χ4n) is 4.65. The van der Waals surface area contributed by atoms with Crippen LogP contribution in [0.5, 0.6) is 17.2 Å². The molecule has 3 rings (SSSR count). The number of benzene rings is 3. The Morgan fingerprint density at radius 2 is 1.20 bits per heavy atom. The first-order chi connectivity index (χ1) is 24.0. The lowest BCUT2D eigenvalue weighted by atomic mass is 10.0. The molecule has 0 heterocycles. The molecule has 0 saturated carbocycles. The zero-order valence-corrected chi connectivity index (χ0v) is 27.1. The van der Waals surface area contributed by atoms with Crippen LogP contribution in [0.1, 0.15) is 63.9 Å². The number of hydrogen-bond acceptors (Lipinski definition) is 6. The Bertz CT molecular complexity index is 1750. The monoisotopic (exact) mass is 724 g/mol. The number of halogens is 8. The Hall–Kier alpha value is -5.32. The van der Waals surface area contributed by atoms with E-state index in [2.05, 4.69) is 9.47 Å². The van der Waals surface area contributed by atoms with E-state index in [4.69, 9.17) is 15.9 Å². The molecule has 6 nitrogen and oxygen atoms in total. The molecule has 0 aliphatic carbocycles. The lowest BCUT2D eigenvalue weighted by Crippen LogP contribution is -2.16. The van der Waals surface area contributed by atoms with Gasteiger partial charge in [-0.1, -0.05) is 43.9 Å². The van der Waals surface area contributed by atoms with E-state index in [0.717, 1.165) is 49.3 Å². The number of carbonyl (C=O) groups excluding carboxylic acids is 2. The molecule has 0 aromatic heterocycles. The van der Waals surface area contributed by atoms with Crippen molar-refractivity contribution in [3.8, 4) is 40.7 Å². The van der Waals surface area contributed by atoms with E-state index >= 15 is 0 Å². The zero-order chi connectivity index (χ0) is 37.6. The number of carbonyl (C=O) groups is 2. The Balaban J connectivity index is 1.32. The van der Waals surface area contributed by atoms with Gasteiger partial charge in [-0.3, -0.25) is 9.59 Å². The van der Waals surface area contributed by atoms with Crippen LogP contribution in [0.2, 0.25) is 0 Å². The standard InChI is InChI=1S/C37H32F8O6/c1-3-26(50-36(40,41)42)15-12-24(2)30-20-18-28(22-32(30)38)48-34(46)10-8-6-4-5-7-9-11-35(47)49-29-19-21-31(33(39)23-29)25-13-16-27(17-14-25)51-37(43,44)45/h1,12-23H,4-11H2,2H3/b24-12+,26-15+. The summed E-state index contributed by atoms with van der Waals surface area (Å²) in [7, 11) is 0. The number of unbranched alkanes of at least 4 members (excludes halogenated alkanes) is 5. The molecule has 0 bridgehead atoms. The van der Waals surface area contributed by atoms with Gasteiger partial charge in [-0.05, 0) is 79.3 Å². The number of rotatable bonds is 16. The fourth-order valence-corrected chi connectivity index (χ4v) is 4.65. The predicted molar refractivity (Wildman–Crippen MR) is 171 cm³/mol. The van der Waals surface area contributed by atoms with Gasteiger partial charge in [-0.15, -0.1) is 32.8 Å². The Kier molecular flexibility index (Phi) is 14.6. The Morgan fingerprint density at radius 1 is 0.686 bits per heavy atom. The van der Waals surface area contributed by atoms with E-state index in [1.165, 1.54) is 43.3 Å². The van der Waals surface area contributed by atoms with Gasteiger partial charge in [0.05, 0.1) is 0 Å². The minimum absolute atomic E-state index is 0.0127. The molecular weight excluding hydrogens is 692 g/mol. The summed E-state index contributed by atoms with van der Waals surface area (Å²) in [6.45, 7) is 1.45. The molecule has 0 fully saturated rings. The molecule has 0 N–H and O–H groups in total. The van der Waals surface area contributed by atoms with Gasteiger partial charge < -0.3 is 18.9 Å². The number of allylic oxidation sites excluding steroid dienone is 4. The van der Waals surface area contributed by atoms with Crippen molar-refractivity contribution in [1.29, 1.82) is 0 Å². The van der Waals surface area contributed by atoms with Crippen LogP contribution in [-0.2, 0) is 14.3 Å². The maximum atomic E-state index is 14.6. The summed E-state index contributed by atoms with van der Waals surface area (Å²) in [4.78, 5) is 24.4. The first kappa shape index (κ1) is 40.1. The van der Waals surface area contributed by atoms with Crippen molar-refractivity contribution in [3.05, 3.63) is 95.8 Å². The topological polar surface area (TPSA) is 71.1 Å². The maximum Gasteiger partial charge on any atom is 0.573 e. The Morgan fingerprint density at radius 3 is 1.69 bits per heavy atom. The first-order valence-corrected chi connectivity index (χ1v) is 15.5. The van der Waals surface area contributed by atoms with E-state index < -0.39 is 47.8 Å². The van der Waals surface area contributed by atoms with Gasteiger partial charge in [0.15, 0.2) is 5.76 Å². The van der Waals surface area contributed by atoms with Gasteiger partial charge in [0.1, 0.15) is 28.9 Å². The van der Waals surface area contributed by atoms with Crippen LogP contribution in [0.15, 0.2) is 78.6 Å². The van der Waals surface area contributed by atoms with Crippen LogP contribution in [0.3, 0.4) is 0 Å². The van der Waals surface area contributed by atoms with Crippen LogP contribution in [0.25, 0.3) is 16.7 Å². The lowest BCUT2D eigenvalue weighted by molar-refractivity contribution is -0.302. The molecule has 3 aromatic rings. The molecule has 14 heteroatoms. The van der Waals surface area contributed by atoms with Crippen LogP contribution in [0, 0.1) is 24.0 Å². The molecular formula is C37H32F8O6. The number of esters is 2. The van der Waals surface area contributed by atoms with Gasteiger partial charge in [0.25, 0.3) is 0 Å². The second-order valence-electron chi connectivity index (χ2n) is 11.0. The van der Waals surface area contributed by atoms with Crippen molar-refractivity contribution < 1.29 is 63.7 Å². The molecule has 0 spiro atoms. The maximum absolute atomic E-state index is 14.6. The molecule has 0 aliphatic heterocycles. The summed E-state index contributed by atoms with van der Waals surface area (Å²) >= 11 is 0. The summed E-state index contributed by atoms with van der Waals surface area (Å²) in [5, 5.41) is 0. The summed E-state index contributed by atoms with van der Waals surface area (Å²) in [5.41, 5.74) is 0.707. The fraction of sp³-hybridized carbons (Fsp3) is 0.297. The average Bonchev–Trinajstić information content (AvgIpc) is 3.03. The molecule has 0 aliphatic rings. The van der Waals surface area contributed by atoms with E-state index in [1.807, 2.05) is 0 Å². The molecule has 272 valence electrons. The van der Waals surface area contributed by atoms with Crippen molar-refractivity contribution in [2.24, 2.45) is 0 Å². The number of terminal acetylenes is 1. The highest BCUT2D eigenvalue weighted by Gasteiger charge is 2.32. The summed E-state index contributed by atoms with van der Waals surface area (Å²) in [6, 6.07) is 12.1. The van der Waals surface area contributed by atoms with E-state index in [0.29, 0.717) is 31.2 Å². The predicted octanol–water partition coefficient (Wildman–Crippen LogP) is 10.6. The Labute approximate surface area is 288 Å².